The Morgan fingerprint density at radius 2 is 2.07 bits per heavy atom. The first-order valence-electron chi connectivity index (χ1n) is 5.62. The minimum atomic E-state index is 0.679. The number of rotatable bonds is 3. The maximum Gasteiger partial charge on any atom is 0.0930 e. The summed E-state index contributed by atoms with van der Waals surface area (Å²) < 4.78 is 0. The van der Waals surface area contributed by atoms with Crippen LogP contribution in [0, 0.1) is 11.3 Å². The largest absolute Gasteiger partial charge is 0.372 e. The van der Waals surface area contributed by atoms with Gasteiger partial charge in [0, 0.05) is 24.4 Å². The molecule has 0 aliphatic heterocycles. The lowest BCUT2D eigenvalue weighted by Crippen LogP contribution is -2.35. The molecule has 2 nitrogen and oxygen atoms in total. The highest BCUT2D eigenvalue weighted by molar-refractivity contribution is 5.11. The Morgan fingerprint density at radius 1 is 1.43 bits per heavy atom. The monoisotopic (exact) mass is 192 g/mol. The topological polar surface area (TPSA) is 27.0 Å². The van der Waals surface area contributed by atoms with Crippen LogP contribution in [0.5, 0.6) is 0 Å². The SMILES string of the molecule is CCN(/C(C)=C\C#N)C1CCCCC1. The van der Waals surface area contributed by atoms with Crippen molar-refractivity contribution in [3.05, 3.63) is 11.8 Å². The highest BCUT2D eigenvalue weighted by Crippen LogP contribution is 2.24. The predicted molar refractivity (Wildman–Crippen MR) is 58.6 cm³/mol. The van der Waals surface area contributed by atoms with Crippen LogP contribution in [0.4, 0.5) is 0 Å². The molecular formula is C12H20N2. The van der Waals surface area contributed by atoms with Gasteiger partial charge in [-0.05, 0) is 26.7 Å². The Hall–Kier alpha value is -0.970. The van der Waals surface area contributed by atoms with Crippen LogP contribution in [0.1, 0.15) is 46.0 Å². The molecular weight excluding hydrogens is 172 g/mol. The Labute approximate surface area is 87.2 Å². The molecule has 0 amide bonds. The van der Waals surface area contributed by atoms with Gasteiger partial charge < -0.3 is 4.90 Å². The van der Waals surface area contributed by atoms with Gasteiger partial charge in [-0.2, -0.15) is 5.26 Å². The third-order valence-corrected chi connectivity index (χ3v) is 3.08. The van der Waals surface area contributed by atoms with E-state index in [2.05, 4.69) is 17.9 Å². The molecule has 0 aromatic heterocycles. The lowest BCUT2D eigenvalue weighted by Gasteiger charge is -2.35. The number of hydrogen-bond acceptors (Lipinski definition) is 2. The summed E-state index contributed by atoms with van der Waals surface area (Å²) in [6.07, 6.45) is 8.34. The lowest BCUT2D eigenvalue weighted by atomic mass is 9.94. The van der Waals surface area contributed by atoms with Crippen LogP contribution in [0.3, 0.4) is 0 Å². The molecule has 0 aromatic rings. The van der Waals surface area contributed by atoms with E-state index in [-0.39, 0.29) is 0 Å². The van der Waals surface area contributed by atoms with Crippen molar-refractivity contribution in [2.45, 2.75) is 52.0 Å². The molecule has 78 valence electrons. The van der Waals surface area contributed by atoms with Gasteiger partial charge in [-0.25, -0.2) is 0 Å². The van der Waals surface area contributed by atoms with Gasteiger partial charge in [-0.15, -0.1) is 0 Å². The maximum atomic E-state index is 8.63. The van der Waals surface area contributed by atoms with E-state index >= 15 is 0 Å². The Bertz CT molecular complexity index is 231. The predicted octanol–water partition coefficient (Wildman–Crippen LogP) is 3.07. The molecule has 0 bridgehead atoms. The molecule has 1 aliphatic carbocycles. The summed E-state index contributed by atoms with van der Waals surface area (Å²) >= 11 is 0. The normalized spacial score (nSPS) is 19.1. The van der Waals surface area contributed by atoms with Crippen molar-refractivity contribution in [3.8, 4) is 6.07 Å². The van der Waals surface area contributed by atoms with Crippen molar-refractivity contribution in [1.29, 1.82) is 5.26 Å². The Balaban J connectivity index is 2.60. The van der Waals surface area contributed by atoms with Gasteiger partial charge in [0.1, 0.15) is 0 Å². The third kappa shape index (κ3) is 2.77. The fourth-order valence-corrected chi connectivity index (χ4v) is 2.36. The molecule has 1 fully saturated rings. The molecule has 0 unspecified atom stereocenters. The highest BCUT2D eigenvalue weighted by Gasteiger charge is 2.19. The lowest BCUT2D eigenvalue weighted by molar-refractivity contribution is 0.208. The van der Waals surface area contributed by atoms with E-state index in [0.29, 0.717) is 6.04 Å². The zero-order valence-corrected chi connectivity index (χ0v) is 9.29. The second-order valence-corrected chi connectivity index (χ2v) is 3.99. The quantitative estimate of drug-likeness (QED) is 0.642. The zero-order chi connectivity index (χ0) is 10.4. The van der Waals surface area contributed by atoms with Crippen molar-refractivity contribution in [1.82, 2.24) is 4.90 Å². The molecule has 0 heterocycles. The zero-order valence-electron chi connectivity index (χ0n) is 9.29. The second kappa shape index (κ2) is 5.70. The first kappa shape index (κ1) is 11.1. The van der Waals surface area contributed by atoms with Gasteiger partial charge in [0.15, 0.2) is 0 Å². The maximum absolute atomic E-state index is 8.63. The average Bonchev–Trinajstić information content (AvgIpc) is 2.21. The molecule has 0 aromatic carbocycles. The van der Waals surface area contributed by atoms with Gasteiger partial charge in [-0.3, -0.25) is 0 Å². The van der Waals surface area contributed by atoms with Crippen LogP contribution in [0.25, 0.3) is 0 Å². The van der Waals surface area contributed by atoms with Crippen LogP contribution in [0.2, 0.25) is 0 Å². The van der Waals surface area contributed by atoms with Gasteiger partial charge in [0.2, 0.25) is 0 Å². The van der Waals surface area contributed by atoms with E-state index < -0.39 is 0 Å². The molecule has 0 atom stereocenters. The summed E-state index contributed by atoms with van der Waals surface area (Å²) in [5, 5.41) is 8.63. The average molecular weight is 192 g/mol. The van der Waals surface area contributed by atoms with Gasteiger partial charge in [0.05, 0.1) is 6.07 Å². The summed E-state index contributed by atoms with van der Waals surface area (Å²) in [5.74, 6) is 0. The molecule has 0 radical (unpaired) electrons. The van der Waals surface area contributed by atoms with Gasteiger partial charge in [0.25, 0.3) is 0 Å². The second-order valence-electron chi connectivity index (χ2n) is 3.99. The van der Waals surface area contributed by atoms with E-state index in [0.717, 1.165) is 12.2 Å². The summed E-state index contributed by atoms with van der Waals surface area (Å²) in [6.45, 7) is 5.24. The molecule has 14 heavy (non-hydrogen) atoms. The van der Waals surface area contributed by atoms with Gasteiger partial charge in [-0.1, -0.05) is 19.3 Å². The Morgan fingerprint density at radius 3 is 2.57 bits per heavy atom. The van der Waals surface area contributed by atoms with E-state index in [9.17, 15) is 0 Å². The Kier molecular flexibility index (Phi) is 4.52. The van der Waals surface area contributed by atoms with Crippen LogP contribution >= 0.6 is 0 Å². The van der Waals surface area contributed by atoms with E-state index in [1.165, 1.54) is 32.1 Å². The van der Waals surface area contributed by atoms with Crippen LogP contribution in [0.15, 0.2) is 11.8 Å². The molecule has 1 aliphatic rings. The van der Waals surface area contributed by atoms with E-state index in [1.54, 1.807) is 6.08 Å². The van der Waals surface area contributed by atoms with Crippen molar-refractivity contribution < 1.29 is 0 Å². The van der Waals surface area contributed by atoms with E-state index in [4.69, 9.17) is 5.26 Å². The smallest absolute Gasteiger partial charge is 0.0930 e. The molecule has 1 saturated carbocycles. The highest BCUT2D eigenvalue weighted by atomic mass is 15.2. The summed E-state index contributed by atoms with van der Waals surface area (Å²) in [4.78, 5) is 2.38. The number of hydrogen-bond donors (Lipinski definition) is 0. The molecule has 0 saturated heterocycles. The molecule has 0 spiro atoms. The van der Waals surface area contributed by atoms with Crippen LogP contribution < -0.4 is 0 Å². The minimum Gasteiger partial charge on any atom is -0.372 e. The van der Waals surface area contributed by atoms with Crippen molar-refractivity contribution in [2.24, 2.45) is 0 Å². The first-order chi connectivity index (χ1) is 6.79. The summed E-state index contributed by atoms with van der Waals surface area (Å²) in [6, 6.07) is 2.80. The van der Waals surface area contributed by atoms with Gasteiger partial charge >= 0.3 is 0 Å². The molecule has 0 N–H and O–H groups in total. The minimum absolute atomic E-state index is 0.679. The summed E-state index contributed by atoms with van der Waals surface area (Å²) in [7, 11) is 0. The van der Waals surface area contributed by atoms with E-state index in [1.807, 2.05) is 6.92 Å². The summed E-state index contributed by atoms with van der Waals surface area (Å²) in [5.41, 5.74) is 1.13. The fraction of sp³-hybridized carbons (Fsp3) is 0.750. The third-order valence-electron chi connectivity index (χ3n) is 3.08. The molecule has 2 heteroatoms. The van der Waals surface area contributed by atoms with Crippen LogP contribution in [-0.2, 0) is 0 Å². The van der Waals surface area contributed by atoms with Crippen molar-refractivity contribution in [2.75, 3.05) is 6.54 Å². The number of nitriles is 1. The fourth-order valence-electron chi connectivity index (χ4n) is 2.36. The first-order valence-corrected chi connectivity index (χ1v) is 5.62. The number of allylic oxidation sites excluding steroid dienone is 2. The van der Waals surface area contributed by atoms with Crippen molar-refractivity contribution >= 4 is 0 Å². The standard InChI is InChI=1S/C12H20N2/c1-3-14(11(2)9-10-13)12-7-5-4-6-8-12/h9,12H,3-8H2,1-2H3/b11-9-. The molecule has 1 rings (SSSR count). The number of nitrogens with zero attached hydrogens (tertiary/aromatic N) is 2. The van der Waals surface area contributed by atoms with Crippen molar-refractivity contribution in [3.63, 3.8) is 0 Å². The van der Waals surface area contributed by atoms with Crippen LogP contribution in [-0.4, -0.2) is 17.5 Å².